The van der Waals surface area contributed by atoms with E-state index in [0.717, 1.165) is 19.1 Å². The van der Waals surface area contributed by atoms with E-state index in [1.807, 2.05) is 4.72 Å². The molecule has 0 aliphatic rings. The van der Waals surface area contributed by atoms with Crippen LogP contribution in [0.5, 0.6) is 0 Å². The molecule has 0 radical (unpaired) electrons. The van der Waals surface area contributed by atoms with Gasteiger partial charge >= 0.3 is 12.1 Å². The second kappa shape index (κ2) is 6.25. The van der Waals surface area contributed by atoms with Crippen molar-refractivity contribution in [3.8, 4) is 0 Å². The SMILES string of the molecule is Cc1cc(S(=O)(=O)N[C@@H](C(=O)O)C(C)C)ccc1C(F)(F)F. The zero-order valence-corrected chi connectivity index (χ0v) is 12.9. The minimum absolute atomic E-state index is 0.258. The van der Waals surface area contributed by atoms with Gasteiger partial charge in [0.25, 0.3) is 0 Å². The molecule has 0 aliphatic carbocycles. The summed E-state index contributed by atoms with van der Waals surface area (Å²) in [4.78, 5) is 10.6. The van der Waals surface area contributed by atoms with Crippen LogP contribution in [-0.2, 0) is 21.0 Å². The Morgan fingerprint density at radius 1 is 1.27 bits per heavy atom. The van der Waals surface area contributed by atoms with Gasteiger partial charge in [0.05, 0.1) is 10.5 Å². The number of aliphatic carboxylic acids is 1. The smallest absolute Gasteiger partial charge is 0.416 e. The predicted molar refractivity (Wildman–Crippen MR) is 72.8 cm³/mol. The number of hydrogen-bond acceptors (Lipinski definition) is 3. The van der Waals surface area contributed by atoms with Gasteiger partial charge in [0.15, 0.2) is 0 Å². The number of alkyl halides is 3. The molecule has 22 heavy (non-hydrogen) atoms. The Labute approximate surface area is 126 Å². The standard InChI is InChI=1S/C13H16F3NO4S/c1-7(2)11(12(18)19)17-22(20,21)9-4-5-10(8(3)6-9)13(14,15)16/h4-7,11,17H,1-3H3,(H,18,19)/t11-/m1/s1. The van der Waals surface area contributed by atoms with E-state index in [4.69, 9.17) is 5.11 Å². The van der Waals surface area contributed by atoms with Crippen molar-refractivity contribution in [2.45, 2.75) is 37.9 Å². The minimum atomic E-state index is -4.58. The first-order chi connectivity index (χ1) is 9.86. The molecule has 0 saturated heterocycles. The van der Waals surface area contributed by atoms with Crippen molar-refractivity contribution in [3.63, 3.8) is 0 Å². The van der Waals surface area contributed by atoms with E-state index in [-0.39, 0.29) is 5.56 Å². The van der Waals surface area contributed by atoms with Gasteiger partial charge in [-0.15, -0.1) is 0 Å². The van der Waals surface area contributed by atoms with Gasteiger partial charge in [-0.2, -0.15) is 17.9 Å². The molecule has 0 saturated carbocycles. The van der Waals surface area contributed by atoms with Crippen molar-refractivity contribution in [2.75, 3.05) is 0 Å². The van der Waals surface area contributed by atoms with Crippen LogP contribution >= 0.6 is 0 Å². The third-order valence-corrected chi connectivity index (χ3v) is 4.47. The second-order valence-corrected chi connectivity index (χ2v) is 6.87. The Bertz CT molecular complexity index is 668. The fourth-order valence-corrected chi connectivity index (χ4v) is 3.25. The Balaban J connectivity index is 3.19. The Kier molecular flexibility index (Phi) is 5.24. The highest BCUT2D eigenvalue weighted by Gasteiger charge is 2.33. The number of rotatable bonds is 5. The van der Waals surface area contributed by atoms with Gasteiger partial charge in [-0.3, -0.25) is 4.79 Å². The average Bonchev–Trinajstić information content (AvgIpc) is 2.33. The van der Waals surface area contributed by atoms with Crippen molar-refractivity contribution in [3.05, 3.63) is 29.3 Å². The number of carboxylic acids is 1. The third-order valence-electron chi connectivity index (χ3n) is 3.03. The van der Waals surface area contributed by atoms with Gasteiger partial charge in [0.1, 0.15) is 6.04 Å². The predicted octanol–water partition coefficient (Wildman–Crippen LogP) is 2.40. The average molecular weight is 339 g/mol. The van der Waals surface area contributed by atoms with Gasteiger partial charge < -0.3 is 5.11 Å². The molecule has 0 spiro atoms. The van der Waals surface area contributed by atoms with E-state index in [2.05, 4.69) is 0 Å². The Morgan fingerprint density at radius 3 is 2.18 bits per heavy atom. The highest BCUT2D eigenvalue weighted by atomic mass is 32.2. The summed E-state index contributed by atoms with van der Waals surface area (Å²) in [5.74, 6) is -1.88. The van der Waals surface area contributed by atoms with E-state index in [1.165, 1.54) is 13.8 Å². The van der Waals surface area contributed by atoms with Crippen LogP contribution in [-0.4, -0.2) is 25.5 Å². The maximum absolute atomic E-state index is 12.7. The van der Waals surface area contributed by atoms with Crippen molar-refractivity contribution >= 4 is 16.0 Å². The number of halogens is 3. The summed E-state index contributed by atoms with van der Waals surface area (Å²) in [5, 5.41) is 8.98. The molecule has 0 fully saturated rings. The van der Waals surface area contributed by atoms with Crippen LogP contribution in [0.3, 0.4) is 0 Å². The van der Waals surface area contributed by atoms with Gasteiger partial charge in [-0.05, 0) is 36.6 Å². The van der Waals surface area contributed by atoms with Crippen LogP contribution in [0.1, 0.15) is 25.0 Å². The van der Waals surface area contributed by atoms with Crippen LogP contribution in [0.2, 0.25) is 0 Å². The number of aryl methyl sites for hydroxylation is 1. The minimum Gasteiger partial charge on any atom is -0.480 e. The van der Waals surface area contributed by atoms with E-state index in [1.54, 1.807) is 0 Å². The molecule has 2 N–H and O–H groups in total. The van der Waals surface area contributed by atoms with Crippen molar-refractivity contribution in [1.29, 1.82) is 0 Å². The fourth-order valence-electron chi connectivity index (χ4n) is 1.83. The molecule has 9 heteroatoms. The molecule has 0 heterocycles. The summed E-state index contributed by atoms with van der Waals surface area (Å²) >= 11 is 0. The summed E-state index contributed by atoms with van der Waals surface area (Å²) in [6.07, 6.45) is -4.58. The van der Waals surface area contributed by atoms with E-state index in [0.29, 0.717) is 6.07 Å². The molecule has 0 amide bonds. The van der Waals surface area contributed by atoms with Crippen LogP contribution in [0.4, 0.5) is 13.2 Å². The molecule has 1 aromatic carbocycles. The van der Waals surface area contributed by atoms with Gasteiger partial charge in [0, 0.05) is 0 Å². The molecular weight excluding hydrogens is 323 g/mol. The number of hydrogen-bond donors (Lipinski definition) is 2. The topological polar surface area (TPSA) is 83.5 Å². The summed E-state index contributed by atoms with van der Waals surface area (Å²) in [5.41, 5.74) is -1.20. The molecule has 1 aromatic rings. The first-order valence-corrected chi connectivity index (χ1v) is 7.77. The first-order valence-electron chi connectivity index (χ1n) is 6.29. The highest BCUT2D eigenvalue weighted by Crippen LogP contribution is 2.32. The molecule has 1 atom stereocenters. The van der Waals surface area contributed by atoms with E-state index in [9.17, 15) is 26.4 Å². The second-order valence-electron chi connectivity index (χ2n) is 5.16. The molecule has 0 bridgehead atoms. The molecule has 124 valence electrons. The maximum atomic E-state index is 12.7. The van der Waals surface area contributed by atoms with Crippen molar-refractivity contribution in [2.24, 2.45) is 5.92 Å². The highest BCUT2D eigenvalue weighted by molar-refractivity contribution is 7.89. The zero-order chi connectivity index (χ0) is 17.3. The monoisotopic (exact) mass is 339 g/mol. The number of nitrogens with one attached hydrogen (secondary N) is 1. The molecule has 5 nitrogen and oxygen atoms in total. The number of carbonyl (C=O) groups is 1. The number of benzene rings is 1. The van der Waals surface area contributed by atoms with Gasteiger partial charge in [-0.1, -0.05) is 13.8 Å². The molecule has 0 aromatic heterocycles. The van der Waals surface area contributed by atoms with Crippen molar-refractivity contribution in [1.82, 2.24) is 4.72 Å². The molecule has 1 rings (SSSR count). The maximum Gasteiger partial charge on any atom is 0.416 e. The third kappa shape index (κ3) is 4.20. The van der Waals surface area contributed by atoms with Gasteiger partial charge in [0.2, 0.25) is 10.0 Å². The van der Waals surface area contributed by atoms with Gasteiger partial charge in [-0.25, -0.2) is 8.42 Å². The summed E-state index contributed by atoms with van der Waals surface area (Å²) in [7, 11) is -4.23. The lowest BCUT2D eigenvalue weighted by Gasteiger charge is -2.18. The first kappa shape index (κ1) is 18.4. The van der Waals surface area contributed by atoms with Crippen LogP contribution in [0.15, 0.2) is 23.1 Å². The lowest BCUT2D eigenvalue weighted by Crippen LogP contribution is -2.44. The summed E-state index contributed by atoms with van der Waals surface area (Å²) < 4.78 is 64.2. The Morgan fingerprint density at radius 2 is 1.82 bits per heavy atom. The molecule has 0 unspecified atom stereocenters. The largest absolute Gasteiger partial charge is 0.480 e. The quantitative estimate of drug-likeness (QED) is 0.863. The number of sulfonamides is 1. The van der Waals surface area contributed by atoms with Crippen LogP contribution in [0.25, 0.3) is 0 Å². The fraction of sp³-hybridized carbons (Fsp3) is 0.462. The van der Waals surface area contributed by atoms with Crippen LogP contribution in [0, 0.1) is 12.8 Å². The number of carboxylic acid groups (broad SMARTS) is 1. The zero-order valence-electron chi connectivity index (χ0n) is 12.1. The van der Waals surface area contributed by atoms with E-state index >= 15 is 0 Å². The molecular formula is C13H16F3NO4S. The van der Waals surface area contributed by atoms with Crippen LogP contribution < -0.4 is 4.72 Å². The van der Waals surface area contributed by atoms with Crippen molar-refractivity contribution < 1.29 is 31.5 Å². The normalized spacial score (nSPS) is 14.1. The lowest BCUT2D eigenvalue weighted by molar-refractivity contribution is -0.140. The van der Waals surface area contributed by atoms with E-state index < -0.39 is 44.6 Å². The Hall–Kier alpha value is -1.61. The molecule has 0 aliphatic heterocycles. The lowest BCUT2D eigenvalue weighted by atomic mass is 10.1. The summed E-state index contributed by atoms with van der Waals surface area (Å²) in [6, 6.07) is 0.962. The summed E-state index contributed by atoms with van der Waals surface area (Å²) in [6.45, 7) is 4.16.